The average molecular weight is 363 g/mol. The third-order valence-electron chi connectivity index (χ3n) is 4.85. The molecule has 1 aliphatic rings. The van der Waals surface area contributed by atoms with Crippen LogP contribution in [0.2, 0.25) is 0 Å². The highest BCUT2D eigenvalue weighted by Crippen LogP contribution is 2.32. The number of amides is 1. The van der Waals surface area contributed by atoms with Crippen LogP contribution >= 0.6 is 0 Å². The van der Waals surface area contributed by atoms with Gasteiger partial charge in [0.15, 0.2) is 0 Å². The van der Waals surface area contributed by atoms with Crippen molar-refractivity contribution in [2.45, 2.75) is 31.8 Å². The minimum absolute atomic E-state index is 0.00426. The number of carbonyl (C=O) groups excluding carboxylic acids is 1. The van der Waals surface area contributed by atoms with Gasteiger partial charge in [-0.3, -0.25) is 14.8 Å². The van der Waals surface area contributed by atoms with Gasteiger partial charge in [-0.1, -0.05) is 0 Å². The standard InChI is InChI=1S/C20H21N5O2/c21-14-11-17-19(24-10-9-23-17)18(12-14)27-16-3-1-13(2-4-16)20(26)25-15-5-7-22-8-6-15/h5-13,16H,1-4,21H2,(H,22,25,26). The molecule has 1 saturated carbocycles. The summed E-state index contributed by atoms with van der Waals surface area (Å²) in [5.74, 6) is 0.707. The third kappa shape index (κ3) is 3.97. The minimum Gasteiger partial charge on any atom is -0.488 e. The average Bonchev–Trinajstić information content (AvgIpc) is 2.69. The Labute approximate surface area is 157 Å². The first kappa shape index (κ1) is 17.2. The first-order valence-corrected chi connectivity index (χ1v) is 9.07. The summed E-state index contributed by atoms with van der Waals surface area (Å²) >= 11 is 0. The monoisotopic (exact) mass is 363 g/mol. The minimum atomic E-state index is -0.00426. The molecule has 1 amide bonds. The summed E-state index contributed by atoms with van der Waals surface area (Å²) in [5, 5.41) is 2.95. The molecule has 0 saturated heterocycles. The van der Waals surface area contributed by atoms with Gasteiger partial charge in [-0.25, -0.2) is 4.98 Å². The second-order valence-corrected chi connectivity index (χ2v) is 6.76. The molecule has 2 aromatic heterocycles. The number of carbonyl (C=O) groups is 1. The number of rotatable bonds is 4. The number of anilines is 2. The molecule has 1 aromatic carbocycles. The van der Waals surface area contributed by atoms with Crippen molar-refractivity contribution >= 4 is 28.3 Å². The van der Waals surface area contributed by atoms with Crippen LogP contribution in [0.5, 0.6) is 5.75 Å². The first-order chi connectivity index (χ1) is 13.2. The van der Waals surface area contributed by atoms with E-state index in [0.29, 0.717) is 17.0 Å². The van der Waals surface area contributed by atoms with Gasteiger partial charge in [-0.15, -0.1) is 0 Å². The fraction of sp³-hybridized carbons (Fsp3) is 0.300. The van der Waals surface area contributed by atoms with E-state index >= 15 is 0 Å². The second-order valence-electron chi connectivity index (χ2n) is 6.76. The summed E-state index contributed by atoms with van der Waals surface area (Å²) in [6.07, 6.45) is 9.85. The van der Waals surface area contributed by atoms with Gasteiger partial charge in [0.2, 0.25) is 5.91 Å². The number of fused-ring (bicyclic) bond motifs is 1. The van der Waals surface area contributed by atoms with Gasteiger partial charge >= 0.3 is 0 Å². The number of hydrogen-bond acceptors (Lipinski definition) is 6. The van der Waals surface area contributed by atoms with Crippen molar-refractivity contribution in [1.29, 1.82) is 0 Å². The van der Waals surface area contributed by atoms with Crippen LogP contribution in [0.15, 0.2) is 49.1 Å². The van der Waals surface area contributed by atoms with Gasteiger partial charge in [0, 0.05) is 48.1 Å². The number of nitrogens with two attached hydrogens (primary N) is 1. The number of nitrogen functional groups attached to an aromatic ring is 1. The first-order valence-electron chi connectivity index (χ1n) is 9.07. The van der Waals surface area contributed by atoms with Crippen LogP contribution in [0.4, 0.5) is 11.4 Å². The Hall–Kier alpha value is -3.22. The Morgan fingerprint density at radius 3 is 2.56 bits per heavy atom. The lowest BCUT2D eigenvalue weighted by Gasteiger charge is -2.28. The van der Waals surface area contributed by atoms with Crippen LogP contribution in [0.1, 0.15) is 25.7 Å². The zero-order valence-electron chi connectivity index (χ0n) is 14.8. The van der Waals surface area contributed by atoms with E-state index in [1.807, 2.05) is 0 Å². The van der Waals surface area contributed by atoms with Crippen LogP contribution < -0.4 is 15.8 Å². The van der Waals surface area contributed by atoms with Gasteiger partial charge < -0.3 is 15.8 Å². The maximum Gasteiger partial charge on any atom is 0.227 e. The van der Waals surface area contributed by atoms with Gasteiger partial charge in [0.05, 0.1) is 11.6 Å². The van der Waals surface area contributed by atoms with Crippen LogP contribution in [-0.4, -0.2) is 27.0 Å². The van der Waals surface area contributed by atoms with Crippen LogP contribution in [0, 0.1) is 5.92 Å². The summed E-state index contributed by atoms with van der Waals surface area (Å²) in [5.41, 5.74) is 8.77. The van der Waals surface area contributed by atoms with E-state index in [1.165, 1.54) is 0 Å². The van der Waals surface area contributed by atoms with Crippen molar-refractivity contribution in [1.82, 2.24) is 15.0 Å². The van der Waals surface area contributed by atoms with E-state index in [1.54, 1.807) is 49.1 Å². The number of nitrogens with zero attached hydrogens (tertiary/aromatic N) is 3. The van der Waals surface area contributed by atoms with Crippen LogP contribution in [-0.2, 0) is 4.79 Å². The lowest BCUT2D eigenvalue weighted by atomic mass is 9.86. The molecule has 1 fully saturated rings. The third-order valence-corrected chi connectivity index (χ3v) is 4.85. The van der Waals surface area contributed by atoms with E-state index in [0.717, 1.165) is 36.9 Å². The Morgan fingerprint density at radius 1 is 1.04 bits per heavy atom. The maximum absolute atomic E-state index is 12.4. The predicted molar refractivity (Wildman–Crippen MR) is 103 cm³/mol. The summed E-state index contributed by atoms with van der Waals surface area (Å²) in [6, 6.07) is 7.16. The normalized spacial score (nSPS) is 19.6. The van der Waals surface area contributed by atoms with E-state index < -0.39 is 0 Å². The second kappa shape index (κ2) is 7.57. The van der Waals surface area contributed by atoms with E-state index in [-0.39, 0.29) is 17.9 Å². The molecule has 0 radical (unpaired) electrons. The van der Waals surface area contributed by atoms with Crippen LogP contribution in [0.3, 0.4) is 0 Å². The Bertz CT molecular complexity index is 940. The SMILES string of the molecule is Nc1cc(OC2CCC(C(=O)Nc3ccncc3)CC2)c2nccnc2c1. The number of nitrogens with one attached hydrogen (secondary N) is 1. The molecule has 27 heavy (non-hydrogen) atoms. The highest BCUT2D eigenvalue weighted by molar-refractivity contribution is 5.92. The molecule has 3 N–H and O–H groups in total. The molecule has 0 unspecified atom stereocenters. The highest BCUT2D eigenvalue weighted by Gasteiger charge is 2.28. The quantitative estimate of drug-likeness (QED) is 0.690. The van der Waals surface area contributed by atoms with E-state index in [9.17, 15) is 4.79 Å². The van der Waals surface area contributed by atoms with E-state index in [2.05, 4.69) is 20.3 Å². The molecule has 0 bridgehead atoms. The largest absolute Gasteiger partial charge is 0.488 e. The Balaban J connectivity index is 1.38. The molecule has 1 aliphatic carbocycles. The fourth-order valence-electron chi connectivity index (χ4n) is 3.46. The van der Waals surface area contributed by atoms with Crippen molar-refractivity contribution in [3.05, 3.63) is 49.1 Å². The smallest absolute Gasteiger partial charge is 0.227 e. The molecule has 0 spiro atoms. The Kier molecular flexibility index (Phi) is 4.82. The molecule has 138 valence electrons. The number of ether oxygens (including phenoxy) is 1. The molecule has 0 atom stereocenters. The van der Waals surface area contributed by atoms with Crippen molar-refractivity contribution in [2.24, 2.45) is 5.92 Å². The zero-order chi connectivity index (χ0) is 18.6. The van der Waals surface area contributed by atoms with Crippen LogP contribution in [0.25, 0.3) is 11.0 Å². The summed E-state index contributed by atoms with van der Waals surface area (Å²) in [7, 11) is 0. The number of pyridine rings is 1. The zero-order valence-corrected chi connectivity index (χ0v) is 14.8. The Morgan fingerprint density at radius 2 is 1.78 bits per heavy atom. The van der Waals surface area contributed by atoms with Crippen molar-refractivity contribution < 1.29 is 9.53 Å². The topological polar surface area (TPSA) is 103 Å². The molecule has 7 nitrogen and oxygen atoms in total. The molecule has 0 aliphatic heterocycles. The van der Waals surface area contributed by atoms with Crippen molar-refractivity contribution in [3.8, 4) is 5.75 Å². The fourth-order valence-corrected chi connectivity index (χ4v) is 3.46. The summed E-state index contributed by atoms with van der Waals surface area (Å²) in [4.78, 5) is 25.1. The van der Waals surface area contributed by atoms with Crippen molar-refractivity contribution in [3.63, 3.8) is 0 Å². The van der Waals surface area contributed by atoms with Gasteiger partial charge in [0.25, 0.3) is 0 Å². The number of aromatic nitrogens is 3. The maximum atomic E-state index is 12.4. The lowest BCUT2D eigenvalue weighted by Crippen LogP contribution is -2.31. The predicted octanol–water partition coefficient (Wildman–Crippen LogP) is 3.18. The molecule has 3 aromatic rings. The number of hydrogen-bond donors (Lipinski definition) is 2. The van der Waals surface area contributed by atoms with Gasteiger partial charge in [0.1, 0.15) is 11.3 Å². The molecule has 7 heteroatoms. The molecule has 2 heterocycles. The molecular weight excluding hydrogens is 342 g/mol. The summed E-state index contributed by atoms with van der Waals surface area (Å²) < 4.78 is 6.17. The molecule has 4 rings (SSSR count). The van der Waals surface area contributed by atoms with Gasteiger partial charge in [-0.05, 0) is 43.9 Å². The highest BCUT2D eigenvalue weighted by atomic mass is 16.5. The summed E-state index contributed by atoms with van der Waals surface area (Å²) in [6.45, 7) is 0. The lowest BCUT2D eigenvalue weighted by molar-refractivity contribution is -0.121. The number of benzene rings is 1. The van der Waals surface area contributed by atoms with Crippen molar-refractivity contribution in [2.75, 3.05) is 11.1 Å². The van der Waals surface area contributed by atoms with E-state index in [4.69, 9.17) is 10.5 Å². The molecular formula is C20H21N5O2. The van der Waals surface area contributed by atoms with Gasteiger partial charge in [-0.2, -0.15) is 0 Å².